The molecule has 0 spiro atoms. The van der Waals surface area contributed by atoms with Gasteiger partial charge in [-0.1, -0.05) is 11.6 Å². The number of rotatable bonds is 5. The second kappa shape index (κ2) is 6.16. The highest BCUT2D eigenvalue weighted by molar-refractivity contribution is 6.29. The van der Waals surface area contributed by atoms with Crippen LogP contribution in [0.15, 0.2) is 12.1 Å². The maximum Gasteiger partial charge on any atom is 0.311 e. The Hall–Kier alpha value is -1.40. The van der Waals surface area contributed by atoms with Crippen LogP contribution in [0.1, 0.15) is 19.8 Å². The van der Waals surface area contributed by atoms with E-state index in [1.807, 2.05) is 0 Å². The molecule has 1 unspecified atom stereocenters. The summed E-state index contributed by atoms with van der Waals surface area (Å²) in [6, 6.07) is 3.12. The molecule has 0 bridgehead atoms. The Morgan fingerprint density at radius 3 is 2.84 bits per heavy atom. The predicted molar refractivity (Wildman–Crippen MR) is 74.7 cm³/mol. The second-order valence-electron chi connectivity index (χ2n) is 4.73. The SMILES string of the molecule is CC(CNc1nc(Cl)ccc1[N+](=O)[O-])N1CCCC1. The van der Waals surface area contributed by atoms with E-state index in [1.54, 1.807) is 0 Å². The van der Waals surface area contributed by atoms with E-state index in [-0.39, 0.29) is 16.7 Å². The highest BCUT2D eigenvalue weighted by atomic mass is 35.5. The summed E-state index contributed by atoms with van der Waals surface area (Å²) in [5, 5.41) is 14.2. The molecule has 2 heterocycles. The van der Waals surface area contributed by atoms with E-state index in [1.165, 1.54) is 25.0 Å². The van der Waals surface area contributed by atoms with Gasteiger partial charge in [-0.15, -0.1) is 0 Å². The lowest BCUT2D eigenvalue weighted by molar-refractivity contribution is -0.384. The van der Waals surface area contributed by atoms with Gasteiger partial charge >= 0.3 is 5.69 Å². The molecular formula is C12H17ClN4O2. The summed E-state index contributed by atoms with van der Waals surface area (Å²) in [4.78, 5) is 16.8. The van der Waals surface area contributed by atoms with Crippen LogP contribution in [0, 0.1) is 10.1 Å². The first kappa shape index (κ1) is 14.0. The monoisotopic (exact) mass is 284 g/mol. The lowest BCUT2D eigenvalue weighted by Crippen LogP contribution is -2.35. The lowest BCUT2D eigenvalue weighted by Gasteiger charge is -2.23. The van der Waals surface area contributed by atoms with Gasteiger partial charge in [0.2, 0.25) is 5.82 Å². The molecule has 1 aliphatic heterocycles. The van der Waals surface area contributed by atoms with Gasteiger partial charge in [0, 0.05) is 18.7 Å². The summed E-state index contributed by atoms with van der Waals surface area (Å²) in [6.07, 6.45) is 2.44. The third kappa shape index (κ3) is 3.54. The fraction of sp³-hybridized carbons (Fsp3) is 0.583. The van der Waals surface area contributed by atoms with E-state index in [9.17, 15) is 10.1 Å². The molecule has 0 amide bonds. The Morgan fingerprint density at radius 1 is 1.53 bits per heavy atom. The first-order valence-corrected chi connectivity index (χ1v) is 6.74. The standard InChI is InChI=1S/C12H17ClN4O2/c1-9(16-6-2-3-7-16)8-14-12-10(17(18)19)4-5-11(13)15-12/h4-5,9H,2-3,6-8H2,1H3,(H,14,15). The molecule has 1 aromatic rings. The summed E-state index contributed by atoms with van der Waals surface area (Å²) in [5.41, 5.74) is -0.0435. The molecule has 7 heteroatoms. The number of nitrogens with one attached hydrogen (secondary N) is 1. The van der Waals surface area contributed by atoms with Gasteiger partial charge in [-0.2, -0.15) is 0 Å². The Kier molecular flexibility index (Phi) is 4.55. The van der Waals surface area contributed by atoms with Gasteiger partial charge < -0.3 is 5.32 Å². The number of hydrogen-bond acceptors (Lipinski definition) is 5. The van der Waals surface area contributed by atoms with Gasteiger partial charge in [-0.3, -0.25) is 15.0 Å². The Balaban J connectivity index is 2.01. The minimum absolute atomic E-state index is 0.0435. The maximum atomic E-state index is 10.9. The number of pyridine rings is 1. The van der Waals surface area contributed by atoms with Crippen molar-refractivity contribution in [2.45, 2.75) is 25.8 Å². The van der Waals surface area contributed by atoms with Crippen molar-refractivity contribution in [2.24, 2.45) is 0 Å². The molecule has 1 atom stereocenters. The number of halogens is 1. The Labute approximate surface area is 116 Å². The van der Waals surface area contributed by atoms with Crippen molar-refractivity contribution in [2.75, 3.05) is 25.0 Å². The Bertz CT molecular complexity index is 463. The summed E-state index contributed by atoms with van der Waals surface area (Å²) >= 11 is 5.78. The van der Waals surface area contributed by atoms with Crippen LogP contribution in [0.25, 0.3) is 0 Å². The summed E-state index contributed by atoms with van der Waals surface area (Å²) in [6.45, 7) is 4.91. The normalized spacial score (nSPS) is 17.4. The molecule has 0 saturated carbocycles. The quantitative estimate of drug-likeness (QED) is 0.511. The third-order valence-corrected chi connectivity index (χ3v) is 3.58. The van der Waals surface area contributed by atoms with E-state index < -0.39 is 4.92 Å². The van der Waals surface area contributed by atoms with Crippen LogP contribution >= 0.6 is 11.6 Å². The van der Waals surface area contributed by atoms with Gasteiger partial charge in [0.1, 0.15) is 5.15 Å². The topological polar surface area (TPSA) is 71.3 Å². The van der Waals surface area contributed by atoms with Gasteiger partial charge in [-0.05, 0) is 38.9 Å². The Morgan fingerprint density at radius 2 is 2.21 bits per heavy atom. The van der Waals surface area contributed by atoms with E-state index in [0.717, 1.165) is 13.1 Å². The van der Waals surface area contributed by atoms with E-state index >= 15 is 0 Å². The van der Waals surface area contributed by atoms with Crippen LogP contribution in [0.5, 0.6) is 0 Å². The van der Waals surface area contributed by atoms with Crippen molar-refractivity contribution in [3.63, 3.8) is 0 Å². The average molecular weight is 285 g/mol. The summed E-state index contributed by atoms with van der Waals surface area (Å²) in [5.74, 6) is 0.239. The smallest absolute Gasteiger partial charge is 0.311 e. The summed E-state index contributed by atoms with van der Waals surface area (Å²) in [7, 11) is 0. The highest BCUT2D eigenvalue weighted by Crippen LogP contribution is 2.24. The van der Waals surface area contributed by atoms with Crippen LogP contribution in [0.4, 0.5) is 11.5 Å². The zero-order chi connectivity index (χ0) is 13.8. The van der Waals surface area contributed by atoms with E-state index in [4.69, 9.17) is 11.6 Å². The number of likely N-dealkylation sites (tertiary alicyclic amines) is 1. The third-order valence-electron chi connectivity index (χ3n) is 3.37. The van der Waals surface area contributed by atoms with Crippen molar-refractivity contribution >= 4 is 23.1 Å². The number of nitrogens with zero attached hydrogens (tertiary/aromatic N) is 3. The van der Waals surface area contributed by atoms with Crippen LogP contribution < -0.4 is 5.32 Å². The van der Waals surface area contributed by atoms with Crippen molar-refractivity contribution in [1.29, 1.82) is 0 Å². The van der Waals surface area contributed by atoms with Crippen LogP contribution in [-0.2, 0) is 0 Å². The van der Waals surface area contributed by atoms with Crippen molar-refractivity contribution in [3.8, 4) is 0 Å². The molecule has 0 aliphatic carbocycles. The van der Waals surface area contributed by atoms with Crippen molar-refractivity contribution in [1.82, 2.24) is 9.88 Å². The molecular weight excluding hydrogens is 268 g/mol. The fourth-order valence-corrected chi connectivity index (χ4v) is 2.41. The average Bonchev–Trinajstić information content (AvgIpc) is 2.89. The van der Waals surface area contributed by atoms with Gasteiger partial charge in [0.05, 0.1) is 4.92 Å². The molecule has 104 valence electrons. The molecule has 1 saturated heterocycles. The fourth-order valence-electron chi connectivity index (χ4n) is 2.26. The summed E-state index contributed by atoms with van der Waals surface area (Å²) < 4.78 is 0. The molecule has 0 radical (unpaired) electrons. The van der Waals surface area contributed by atoms with E-state index in [0.29, 0.717) is 12.6 Å². The van der Waals surface area contributed by atoms with Gasteiger partial charge in [0.15, 0.2) is 0 Å². The molecule has 6 nitrogen and oxygen atoms in total. The first-order chi connectivity index (χ1) is 9.08. The first-order valence-electron chi connectivity index (χ1n) is 6.37. The highest BCUT2D eigenvalue weighted by Gasteiger charge is 2.20. The molecule has 1 N–H and O–H groups in total. The zero-order valence-corrected chi connectivity index (χ0v) is 11.6. The zero-order valence-electron chi connectivity index (χ0n) is 10.8. The molecule has 1 aliphatic rings. The number of anilines is 1. The largest absolute Gasteiger partial charge is 0.363 e. The van der Waals surface area contributed by atoms with Crippen molar-refractivity contribution in [3.05, 3.63) is 27.4 Å². The minimum atomic E-state index is -0.452. The number of aromatic nitrogens is 1. The van der Waals surface area contributed by atoms with Crippen LogP contribution in [0.2, 0.25) is 5.15 Å². The minimum Gasteiger partial charge on any atom is -0.363 e. The second-order valence-corrected chi connectivity index (χ2v) is 5.12. The molecule has 1 aromatic heterocycles. The predicted octanol–water partition coefficient (Wildman–Crippen LogP) is 2.54. The molecule has 19 heavy (non-hydrogen) atoms. The van der Waals surface area contributed by atoms with Gasteiger partial charge in [0.25, 0.3) is 0 Å². The molecule has 2 rings (SSSR count). The number of hydrogen-bond donors (Lipinski definition) is 1. The van der Waals surface area contributed by atoms with Gasteiger partial charge in [-0.25, -0.2) is 4.98 Å². The molecule has 0 aromatic carbocycles. The van der Waals surface area contributed by atoms with Crippen molar-refractivity contribution < 1.29 is 4.92 Å². The van der Waals surface area contributed by atoms with Crippen LogP contribution in [-0.4, -0.2) is 40.5 Å². The van der Waals surface area contributed by atoms with E-state index in [2.05, 4.69) is 22.1 Å². The molecule has 1 fully saturated rings. The lowest BCUT2D eigenvalue weighted by atomic mass is 10.3. The maximum absolute atomic E-state index is 10.9. The number of nitro groups is 1. The van der Waals surface area contributed by atoms with Crippen LogP contribution in [0.3, 0.4) is 0 Å².